The Morgan fingerprint density at radius 3 is 2.86 bits per heavy atom. The van der Waals surface area contributed by atoms with E-state index < -0.39 is 5.76 Å². The van der Waals surface area contributed by atoms with Crippen molar-refractivity contribution in [2.75, 3.05) is 0 Å². The average Bonchev–Trinajstić information content (AvgIpc) is 2.80. The lowest BCUT2D eigenvalue weighted by atomic mass is 10.1. The molecule has 0 aliphatic rings. The van der Waals surface area contributed by atoms with Gasteiger partial charge in [-0.15, -0.1) is 0 Å². The van der Waals surface area contributed by atoms with Gasteiger partial charge in [-0.25, -0.2) is 4.79 Å². The molecule has 0 saturated carbocycles. The largest absolute Gasteiger partial charge is 0.419 e. The third kappa shape index (κ3) is 2.63. The molecule has 3 rings (SSSR count). The van der Waals surface area contributed by atoms with E-state index in [1.165, 1.54) is 6.92 Å². The highest BCUT2D eigenvalue weighted by atomic mass is 16.4. The number of benzene rings is 1. The number of aromatic nitrogens is 2. The topological polar surface area (TPSA) is 65.1 Å². The molecule has 0 spiro atoms. The number of carbonyl (C=O) groups is 1. The normalized spacial score (nSPS) is 10.9. The molecular formula is C16H14N2O3. The predicted octanol–water partition coefficient (Wildman–Crippen LogP) is 2.43. The van der Waals surface area contributed by atoms with Gasteiger partial charge in [0, 0.05) is 30.4 Å². The van der Waals surface area contributed by atoms with Crippen LogP contribution < -0.4 is 5.76 Å². The van der Waals surface area contributed by atoms with Gasteiger partial charge in [-0.3, -0.25) is 14.3 Å². The van der Waals surface area contributed by atoms with Crippen molar-refractivity contribution >= 4 is 16.9 Å². The molecule has 0 bridgehead atoms. The molecular weight excluding hydrogens is 268 g/mol. The summed E-state index contributed by atoms with van der Waals surface area (Å²) in [7, 11) is 0. The van der Waals surface area contributed by atoms with E-state index in [1.807, 2.05) is 18.2 Å². The molecule has 106 valence electrons. The summed E-state index contributed by atoms with van der Waals surface area (Å²) < 4.78 is 6.78. The lowest BCUT2D eigenvalue weighted by Crippen LogP contribution is -2.15. The van der Waals surface area contributed by atoms with Crippen LogP contribution in [-0.4, -0.2) is 15.3 Å². The van der Waals surface area contributed by atoms with Crippen molar-refractivity contribution in [2.24, 2.45) is 0 Å². The Balaban J connectivity index is 1.93. The highest BCUT2D eigenvalue weighted by molar-refractivity contribution is 5.96. The maximum absolute atomic E-state index is 11.9. The Morgan fingerprint density at radius 1 is 1.29 bits per heavy atom. The van der Waals surface area contributed by atoms with E-state index >= 15 is 0 Å². The molecule has 0 fully saturated rings. The SMILES string of the molecule is CC(=O)c1ccc2c(c1)oc(=O)n2CCc1ccccn1. The summed E-state index contributed by atoms with van der Waals surface area (Å²) in [6.07, 6.45) is 2.37. The van der Waals surface area contributed by atoms with Gasteiger partial charge in [-0.05, 0) is 37.3 Å². The van der Waals surface area contributed by atoms with Crippen LogP contribution in [-0.2, 0) is 13.0 Å². The minimum Gasteiger partial charge on any atom is -0.408 e. The number of rotatable bonds is 4. The van der Waals surface area contributed by atoms with Crippen molar-refractivity contribution in [2.45, 2.75) is 19.9 Å². The highest BCUT2D eigenvalue weighted by Gasteiger charge is 2.11. The van der Waals surface area contributed by atoms with Gasteiger partial charge in [0.25, 0.3) is 0 Å². The number of oxazole rings is 1. The fourth-order valence-electron chi connectivity index (χ4n) is 2.27. The second-order valence-corrected chi connectivity index (χ2v) is 4.83. The molecule has 0 aliphatic carbocycles. The Labute approximate surface area is 120 Å². The maximum Gasteiger partial charge on any atom is 0.419 e. The molecule has 21 heavy (non-hydrogen) atoms. The zero-order valence-electron chi connectivity index (χ0n) is 11.6. The van der Waals surface area contributed by atoms with Crippen molar-refractivity contribution in [3.63, 3.8) is 0 Å². The quantitative estimate of drug-likeness (QED) is 0.689. The van der Waals surface area contributed by atoms with Gasteiger partial charge in [0.15, 0.2) is 11.4 Å². The molecule has 2 heterocycles. The van der Waals surface area contributed by atoms with Gasteiger partial charge in [0.2, 0.25) is 0 Å². The third-order valence-corrected chi connectivity index (χ3v) is 3.39. The molecule has 0 aliphatic heterocycles. The number of carbonyl (C=O) groups excluding carboxylic acids is 1. The van der Waals surface area contributed by atoms with Crippen LogP contribution in [0.3, 0.4) is 0 Å². The van der Waals surface area contributed by atoms with Gasteiger partial charge in [0.05, 0.1) is 5.52 Å². The third-order valence-electron chi connectivity index (χ3n) is 3.39. The second-order valence-electron chi connectivity index (χ2n) is 4.83. The van der Waals surface area contributed by atoms with Crippen molar-refractivity contribution in [1.29, 1.82) is 0 Å². The van der Waals surface area contributed by atoms with Gasteiger partial charge < -0.3 is 4.42 Å². The highest BCUT2D eigenvalue weighted by Crippen LogP contribution is 2.16. The fourth-order valence-corrected chi connectivity index (χ4v) is 2.27. The van der Waals surface area contributed by atoms with Gasteiger partial charge in [0.1, 0.15) is 0 Å². The molecule has 0 saturated heterocycles. The molecule has 5 nitrogen and oxygen atoms in total. The first-order valence-electron chi connectivity index (χ1n) is 6.69. The monoisotopic (exact) mass is 282 g/mol. The number of hydrogen-bond donors (Lipinski definition) is 0. The molecule has 0 atom stereocenters. The second kappa shape index (κ2) is 5.36. The van der Waals surface area contributed by atoms with Crippen molar-refractivity contribution in [3.8, 4) is 0 Å². The average molecular weight is 282 g/mol. The summed E-state index contributed by atoms with van der Waals surface area (Å²) in [6, 6.07) is 10.7. The molecule has 2 aromatic heterocycles. The number of aryl methyl sites for hydroxylation is 2. The summed E-state index contributed by atoms with van der Waals surface area (Å²) in [6.45, 7) is 1.97. The summed E-state index contributed by atoms with van der Waals surface area (Å²) >= 11 is 0. The van der Waals surface area contributed by atoms with E-state index in [0.29, 0.717) is 29.6 Å². The first kappa shape index (κ1) is 13.3. The van der Waals surface area contributed by atoms with Crippen LogP contribution in [0, 0.1) is 0 Å². The van der Waals surface area contributed by atoms with E-state index in [-0.39, 0.29) is 5.78 Å². The molecule has 0 radical (unpaired) electrons. The van der Waals surface area contributed by atoms with Crippen LogP contribution in [0.1, 0.15) is 23.0 Å². The smallest absolute Gasteiger partial charge is 0.408 e. The van der Waals surface area contributed by atoms with Crippen molar-refractivity contribution < 1.29 is 9.21 Å². The zero-order valence-corrected chi connectivity index (χ0v) is 11.6. The Hall–Kier alpha value is -2.69. The van der Waals surface area contributed by atoms with E-state index in [4.69, 9.17) is 4.42 Å². The summed E-state index contributed by atoms with van der Waals surface area (Å²) in [4.78, 5) is 27.5. The number of hydrogen-bond acceptors (Lipinski definition) is 4. The van der Waals surface area contributed by atoms with Crippen LogP contribution in [0.5, 0.6) is 0 Å². The molecule has 0 amide bonds. The van der Waals surface area contributed by atoms with Gasteiger partial charge in [-0.2, -0.15) is 0 Å². The van der Waals surface area contributed by atoms with E-state index in [0.717, 1.165) is 5.69 Å². The van der Waals surface area contributed by atoms with Gasteiger partial charge in [-0.1, -0.05) is 6.07 Å². The fraction of sp³-hybridized carbons (Fsp3) is 0.188. The maximum atomic E-state index is 11.9. The minimum atomic E-state index is -0.415. The Kier molecular flexibility index (Phi) is 3.39. The van der Waals surface area contributed by atoms with E-state index in [1.54, 1.807) is 29.0 Å². The number of ketones is 1. The first-order valence-corrected chi connectivity index (χ1v) is 6.69. The number of nitrogens with zero attached hydrogens (tertiary/aromatic N) is 2. The summed E-state index contributed by atoms with van der Waals surface area (Å²) in [5.74, 6) is -0.470. The van der Waals surface area contributed by atoms with Crippen LogP contribution >= 0.6 is 0 Å². The molecule has 1 aromatic carbocycles. The van der Waals surface area contributed by atoms with Crippen LogP contribution in [0.25, 0.3) is 11.1 Å². The summed E-state index contributed by atoms with van der Waals surface area (Å²) in [5.41, 5.74) is 2.59. The van der Waals surface area contributed by atoms with Crippen LogP contribution in [0.2, 0.25) is 0 Å². The van der Waals surface area contributed by atoms with Crippen LogP contribution in [0.15, 0.2) is 51.8 Å². The van der Waals surface area contributed by atoms with Crippen molar-refractivity contribution in [1.82, 2.24) is 9.55 Å². The molecule has 5 heteroatoms. The number of pyridine rings is 1. The van der Waals surface area contributed by atoms with Gasteiger partial charge >= 0.3 is 5.76 Å². The van der Waals surface area contributed by atoms with Crippen LogP contribution in [0.4, 0.5) is 0 Å². The van der Waals surface area contributed by atoms with Crippen molar-refractivity contribution in [3.05, 3.63) is 64.4 Å². The Morgan fingerprint density at radius 2 is 2.14 bits per heavy atom. The van der Waals surface area contributed by atoms with E-state index in [2.05, 4.69) is 4.98 Å². The summed E-state index contributed by atoms with van der Waals surface area (Å²) in [5, 5.41) is 0. The standard InChI is InChI=1S/C16H14N2O3/c1-11(19)12-5-6-14-15(10-12)21-16(20)18(14)9-7-13-4-2-3-8-17-13/h2-6,8,10H,7,9H2,1H3. The first-order chi connectivity index (χ1) is 10.1. The molecule has 3 aromatic rings. The lowest BCUT2D eigenvalue weighted by Gasteiger charge is -2.02. The van der Waals surface area contributed by atoms with E-state index in [9.17, 15) is 9.59 Å². The Bertz CT molecular complexity index is 847. The zero-order chi connectivity index (χ0) is 14.8. The molecule has 0 unspecified atom stereocenters. The molecule has 0 N–H and O–H groups in total. The predicted molar refractivity (Wildman–Crippen MR) is 78.4 cm³/mol. The number of Topliss-reactive ketones (excluding diaryl/α,β-unsaturated/α-hetero) is 1. The lowest BCUT2D eigenvalue weighted by molar-refractivity contribution is 0.101. The minimum absolute atomic E-state index is 0.0548. The number of fused-ring (bicyclic) bond motifs is 1.